The molecule has 3 aromatic rings. The fourth-order valence-electron chi connectivity index (χ4n) is 3.76. The van der Waals surface area contributed by atoms with Crippen molar-refractivity contribution < 1.29 is 13.9 Å². The molecular formula is C24H24ClFN4O2. The van der Waals surface area contributed by atoms with Gasteiger partial charge in [0.05, 0.1) is 24.4 Å². The van der Waals surface area contributed by atoms with Crippen molar-refractivity contribution >= 4 is 23.5 Å². The lowest BCUT2D eigenvalue weighted by Gasteiger charge is -2.21. The first-order valence-electron chi connectivity index (χ1n) is 10.5. The number of methoxy groups -OCH3 is 1. The summed E-state index contributed by atoms with van der Waals surface area (Å²) in [5, 5.41) is 3.24. The molecule has 2 heterocycles. The second-order valence-corrected chi connectivity index (χ2v) is 8.10. The molecule has 0 spiro atoms. The lowest BCUT2D eigenvalue weighted by molar-refractivity contribution is 0.0931. The zero-order valence-electron chi connectivity index (χ0n) is 17.7. The predicted octanol–water partition coefficient (Wildman–Crippen LogP) is 4.59. The van der Waals surface area contributed by atoms with Gasteiger partial charge in [-0.3, -0.25) is 4.79 Å². The summed E-state index contributed by atoms with van der Waals surface area (Å²) in [7, 11) is 1.60. The van der Waals surface area contributed by atoms with Crippen LogP contribution in [0.25, 0.3) is 0 Å². The third kappa shape index (κ3) is 5.16. The minimum atomic E-state index is -0.388. The van der Waals surface area contributed by atoms with Gasteiger partial charge in [0.2, 0.25) is 5.95 Å². The molecule has 1 saturated heterocycles. The molecule has 1 amide bonds. The highest BCUT2D eigenvalue weighted by Crippen LogP contribution is 2.24. The van der Waals surface area contributed by atoms with Gasteiger partial charge in [-0.15, -0.1) is 0 Å². The Balaban J connectivity index is 1.60. The molecule has 1 unspecified atom stereocenters. The van der Waals surface area contributed by atoms with Gasteiger partial charge in [-0.25, -0.2) is 14.4 Å². The SMILES string of the molecule is COc1ccc(C(Cc2ccc(F)cc2)NC(=O)c2nc(N3CCCC3)ncc2Cl)cc1. The third-order valence-electron chi connectivity index (χ3n) is 5.51. The zero-order valence-corrected chi connectivity index (χ0v) is 18.5. The van der Waals surface area contributed by atoms with Gasteiger partial charge >= 0.3 is 0 Å². The van der Waals surface area contributed by atoms with Crippen LogP contribution >= 0.6 is 11.6 Å². The summed E-state index contributed by atoms with van der Waals surface area (Å²) in [4.78, 5) is 24.0. The van der Waals surface area contributed by atoms with E-state index in [0.717, 1.165) is 42.8 Å². The number of anilines is 1. The molecule has 1 N–H and O–H groups in total. The molecule has 0 bridgehead atoms. The number of rotatable bonds is 7. The number of halogens is 2. The molecule has 0 aliphatic carbocycles. The molecule has 1 aliphatic heterocycles. The van der Waals surface area contributed by atoms with Crippen molar-refractivity contribution in [2.75, 3.05) is 25.1 Å². The van der Waals surface area contributed by atoms with E-state index < -0.39 is 0 Å². The van der Waals surface area contributed by atoms with Gasteiger partial charge in [-0.2, -0.15) is 0 Å². The Labute approximate surface area is 191 Å². The number of nitrogens with zero attached hydrogens (tertiary/aromatic N) is 3. The molecule has 1 aromatic heterocycles. The molecule has 32 heavy (non-hydrogen) atoms. The van der Waals surface area contributed by atoms with Gasteiger partial charge in [-0.05, 0) is 54.7 Å². The Morgan fingerprint density at radius 3 is 2.50 bits per heavy atom. The quantitative estimate of drug-likeness (QED) is 0.565. The molecule has 0 saturated carbocycles. The molecule has 1 fully saturated rings. The first-order chi connectivity index (χ1) is 15.5. The van der Waals surface area contributed by atoms with Gasteiger partial charge in [0.25, 0.3) is 5.91 Å². The van der Waals surface area contributed by atoms with Crippen LogP contribution in [0.1, 0.15) is 40.5 Å². The van der Waals surface area contributed by atoms with E-state index in [-0.39, 0.29) is 28.5 Å². The number of nitrogens with one attached hydrogen (secondary N) is 1. The van der Waals surface area contributed by atoms with Crippen LogP contribution in [-0.4, -0.2) is 36.1 Å². The van der Waals surface area contributed by atoms with Crippen molar-refractivity contribution in [3.05, 3.63) is 82.4 Å². The number of ether oxygens (including phenoxy) is 1. The van der Waals surface area contributed by atoms with Crippen molar-refractivity contribution in [3.63, 3.8) is 0 Å². The molecule has 2 aromatic carbocycles. The Morgan fingerprint density at radius 2 is 1.84 bits per heavy atom. The summed E-state index contributed by atoms with van der Waals surface area (Å²) in [5.74, 6) is 0.535. The van der Waals surface area contributed by atoms with Crippen LogP contribution in [0, 0.1) is 5.82 Å². The summed E-state index contributed by atoms with van der Waals surface area (Å²) in [6.07, 6.45) is 4.09. The number of aromatic nitrogens is 2. The first-order valence-corrected chi connectivity index (χ1v) is 10.9. The molecule has 8 heteroatoms. The standard InChI is InChI=1S/C24H24ClFN4O2/c1-32-19-10-6-17(7-11-19)21(14-16-4-8-18(26)9-5-16)28-23(31)22-20(25)15-27-24(29-22)30-12-2-3-13-30/h4-11,15,21H,2-3,12-14H2,1H3,(H,28,31). The number of benzene rings is 2. The van der Waals surface area contributed by atoms with Crippen molar-refractivity contribution in [3.8, 4) is 5.75 Å². The predicted molar refractivity (Wildman–Crippen MR) is 122 cm³/mol. The van der Waals surface area contributed by atoms with E-state index in [1.165, 1.54) is 18.3 Å². The number of hydrogen-bond acceptors (Lipinski definition) is 5. The number of carbonyl (C=O) groups excluding carboxylic acids is 1. The number of amides is 1. The molecule has 166 valence electrons. The van der Waals surface area contributed by atoms with E-state index in [4.69, 9.17) is 16.3 Å². The average molecular weight is 455 g/mol. The lowest BCUT2D eigenvalue weighted by atomic mass is 9.98. The molecule has 4 rings (SSSR count). The minimum absolute atomic E-state index is 0.140. The number of hydrogen-bond donors (Lipinski definition) is 1. The van der Waals surface area contributed by atoms with E-state index in [2.05, 4.69) is 15.3 Å². The van der Waals surface area contributed by atoms with Crippen LogP contribution in [0.2, 0.25) is 5.02 Å². The molecular weight excluding hydrogens is 431 g/mol. The van der Waals surface area contributed by atoms with E-state index in [9.17, 15) is 9.18 Å². The minimum Gasteiger partial charge on any atom is -0.497 e. The van der Waals surface area contributed by atoms with E-state index in [1.54, 1.807) is 19.2 Å². The molecule has 1 atom stereocenters. The maximum Gasteiger partial charge on any atom is 0.272 e. The van der Waals surface area contributed by atoms with Crippen LogP contribution in [0.3, 0.4) is 0 Å². The maximum absolute atomic E-state index is 13.4. The van der Waals surface area contributed by atoms with Crippen molar-refractivity contribution in [1.29, 1.82) is 0 Å². The van der Waals surface area contributed by atoms with Crippen molar-refractivity contribution in [1.82, 2.24) is 15.3 Å². The van der Waals surface area contributed by atoms with Gasteiger partial charge in [0.1, 0.15) is 11.6 Å². The lowest BCUT2D eigenvalue weighted by Crippen LogP contribution is -2.31. The molecule has 1 aliphatic rings. The van der Waals surface area contributed by atoms with Crippen LogP contribution in [0.15, 0.2) is 54.7 Å². The van der Waals surface area contributed by atoms with E-state index in [1.807, 2.05) is 29.2 Å². The van der Waals surface area contributed by atoms with Crippen LogP contribution in [0.4, 0.5) is 10.3 Å². The third-order valence-corrected chi connectivity index (χ3v) is 5.79. The van der Waals surface area contributed by atoms with Gasteiger partial charge < -0.3 is 15.0 Å². The largest absolute Gasteiger partial charge is 0.497 e. The first kappa shape index (κ1) is 22.0. The second kappa shape index (κ2) is 9.96. The van der Waals surface area contributed by atoms with E-state index >= 15 is 0 Å². The highest BCUT2D eigenvalue weighted by molar-refractivity contribution is 6.33. The monoisotopic (exact) mass is 454 g/mol. The summed E-state index contributed by atoms with van der Waals surface area (Å²) >= 11 is 6.28. The Kier molecular flexibility index (Phi) is 6.85. The zero-order chi connectivity index (χ0) is 22.5. The highest BCUT2D eigenvalue weighted by atomic mass is 35.5. The fraction of sp³-hybridized carbons (Fsp3) is 0.292. The Bertz CT molecular complexity index is 1070. The van der Waals surface area contributed by atoms with Crippen molar-refractivity contribution in [2.45, 2.75) is 25.3 Å². The highest BCUT2D eigenvalue weighted by Gasteiger charge is 2.23. The fourth-order valence-corrected chi connectivity index (χ4v) is 3.93. The molecule has 0 radical (unpaired) electrons. The topological polar surface area (TPSA) is 67.3 Å². The number of carbonyl (C=O) groups is 1. The summed E-state index contributed by atoms with van der Waals surface area (Å²) in [6.45, 7) is 1.73. The van der Waals surface area contributed by atoms with Gasteiger partial charge in [0.15, 0.2) is 5.69 Å². The smallest absolute Gasteiger partial charge is 0.272 e. The van der Waals surface area contributed by atoms with Crippen LogP contribution < -0.4 is 15.0 Å². The van der Waals surface area contributed by atoms with Gasteiger partial charge in [-0.1, -0.05) is 35.9 Å². The van der Waals surface area contributed by atoms with E-state index in [0.29, 0.717) is 12.4 Å². The van der Waals surface area contributed by atoms with Crippen LogP contribution in [-0.2, 0) is 6.42 Å². The molecule has 6 nitrogen and oxygen atoms in total. The van der Waals surface area contributed by atoms with Crippen LogP contribution in [0.5, 0.6) is 5.75 Å². The summed E-state index contributed by atoms with van der Waals surface area (Å²) in [6, 6.07) is 13.3. The van der Waals surface area contributed by atoms with Gasteiger partial charge in [0, 0.05) is 13.1 Å². The second-order valence-electron chi connectivity index (χ2n) is 7.69. The Hall–Kier alpha value is -3.19. The Morgan fingerprint density at radius 1 is 1.16 bits per heavy atom. The van der Waals surface area contributed by atoms with Crippen molar-refractivity contribution in [2.24, 2.45) is 0 Å². The normalized spacial score (nSPS) is 14.3. The summed E-state index contributed by atoms with van der Waals surface area (Å²) in [5.41, 5.74) is 1.91. The maximum atomic E-state index is 13.4. The average Bonchev–Trinajstić information content (AvgIpc) is 3.35. The summed E-state index contributed by atoms with van der Waals surface area (Å²) < 4.78 is 18.6.